The predicted octanol–water partition coefficient (Wildman–Crippen LogP) is 1.89. The van der Waals surface area contributed by atoms with Crippen LogP contribution >= 0.6 is 0 Å². The minimum absolute atomic E-state index is 0.326. The molecule has 0 radical (unpaired) electrons. The molecule has 0 aromatic heterocycles. The fourth-order valence-electron chi connectivity index (χ4n) is 3.89. The zero-order valence-electron chi connectivity index (χ0n) is 16.0. The van der Waals surface area contributed by atoms with Crippen molar-refractivity contribution >= 4 is 18.3 Å². The minimum atomic E-state index is -0.342. The summed E-state index contributed by atoms with van der Waals surface area (Å²) in [6.45, 7) is 12.3. The van der Waals surface area contributed by atoms with Crippen LogP contribution in [0.25, 0.3) is 0 Å². The van der Waals surface area contributed by atoms with E-state index >= 15 is 0 Å². The van der Waals surface area contributed by atoms with Gasteiger partial charge in [0.1, 0.15) is 5.75 Å². The van der Waals surface area contributed by atoms with Gasteiger partial charge in [-0.15, -0.1) is 0 Å². The van der Waals surface area contributed by atoms with Crippen molar-refractivity contribution in [3.8, 4) is 5.75 Å². The maximum absolute atomic E-state index is 6.20. The van der Waals surface area contributed by atoms with Gasteiger partial charge in [0.15, 0.2) is 0 Å². The molecule has 0 bridgehead atoms. The Kier molecular flexibility index (Phi) is 4.06. The molecule has 6 heteroatoms. The fraction of sp³-hybridized carbons (Fsp3) is 0.684. The highest BCUT2D eigenvalue weighted by atomic mass is 16.7. The summed E-state index contributed by atoms with van der Waals surface area (Å²) >= 11 is 0. The van der Waals surface area contributed by atoms with Crippen molar-refractivity contribution in [1.29, 1.82) is 0 Å². The number of fused-ring (bicyclic) bond motifs is 3. The lowest BCUT2D eigenvalue weighted by molar-refractivity contribution is 0.00578. The molecule has 4 rings (SSSR count). The largest absolute Gasteiger partial charge is 0.494 e. The van der Waals surface area contributed by atoms with Gasteiger partial charge in [0.05, 0.1) is 23.5 Å². The topological polar surface area (TPSA) is 34.2 Å². The smallest absolute Gasteiger partial charge is 0.491 e. The van der Waals surface area contributed by atoms with Gasteiger partial charge in [0.25, 0.3) is 0 Å². The first-order chi connectivity index (χ1) is 11.8. The molecule has 1 atom stereocenters. The molecule has 0 aliphatic carbocycles. The Morgan fingerprint density at radius 3 is 2.52 bits per heavy atom. The molecule has 1 aromatic rings. The van der Waals surface area contributed by atoms with E-state index in [2.05, 4.69) is 62.7 Å². The number of nitrogens with zero attached hydrogens (tertiary/aromatic N) is 2. The van der Waals surface area contributed by atoms with Gasteiger partial charge >= 0.3 is 7.12 Å². The van der Waals surface area contributed by atoms with Crippen LogP contribution in [0.2, 0.25) is 0 Å². The van der Waals surface area contributed by atoms with E-state index in [0.29, 0.717) is 6.04 Å². The van der Waals surface area contributed by atoms with Gasteiger partial charge in [-0.25, -0.2) is 0 Å². The first kappa shape index (κ1) is 17.2. The Morgan fingerprint density at radius 1 is 1.08 bits per heavy atom. The fourth-order valence-corrected chi connectivity index (χ4v) is 3.89. The van der Waals surface area contributed by atoms with Gasteiger partial charge in [0, 0.05) is 32.1 Å². The number of anilines is 1. The maximum atomic E-state index is 6.20. The third kappa shape index (κ3) is 2.94. The quantitative estimate of drug-likeness (QED) is 0.727. The molecule has 0 saturated carbocycles. The van der Waals surface area contributed by atoms with Crippen molar-refractivity contribution in [3.05, 3.63) is 18.2 Å². The number of likely N-dealkylation sites (N-methyl/N-ethyl adjacent to an activating group) is 1. The van der Waals surface area contributed by atoms with E-state index < -0.39 is 0 Å². The Balaban J connectivity index is 1.62. The van der Waals surface area contributed by atoms with Crippen LogP contribution in [0.15, 0.2) is 18.2 Å². The normalized spacial score (nSPS) is 28.1. The molecule has 1 unspecified atom stereocenters. The first-order valence-electron chi connectivity index (χ1n) is 9.34. The third-order valence-corrected chi connectivity index (χ3v) is 6.21. The highest BCUT2D eigenvalue weighted by Crippen LogP contribution is 2.38. The van der Waals surface area contributed by atoms with Crippen molar-refractivity contribution in [1.82, 2.24) is 4.90 Å². The van der Waals surface area contributed by atoms with Gasteiger partial charge in [-0.3, -0.25) is 0 Å². The molecule has 0 amide bonds. The van der Waals surface area contributed by atoms with Gasteiger partial charge < -0.3 is 23.8 Å². The zero-order valence-corrected chi connectivity index (χ0v) is 16.0. The molecule has 2 fully saturated rings. The zero-order chi connectivity index (χ0) is 17.8. The summed E-state index contributed by atoms with van der Waals surface area (Å²) in [5, 5.41) is 0. The monoisotopic (exact) mass is 344 g/mol. The van der Waals surface area contributed by atoms with Crippen LogP contribution in [-0.2, 0) is 9.31 Å². The van der Waals surface area contributed by atoms with Crippen molar-refractivity contribution in [3.63, 3.8) is 0 Å². The SMILES string of the molecule is CN1CCN2c3ccc(B4OC(C)(C)C(C)(C)O4)cc3OCCC2C1. The number of benzene rings is 1. The molecule has 136 valence electrons. The summed E-state index contributed by atoms with van der Waals surface area (Å²) in [5.41, 5.74) is 1.59. The van der Waals surface area contributed by atoms with Gasteiger partial charge in [0.2, 0.25) is 0 Å². The van der Waals surface area contributed by atoms with Crippen molar-refractivity contribution in [2.24, 2.45) is 0 Å². The average molecular weight is 344 g/mol. The molecule has 0 N–H and O–H groups in total. The Morgan fingerprint density at radius 2 is 1.80 bits per heavy atom. The molecule has 3 aliphatic heterocycles. The van der Waals surface area contributed by atoms with E-state index in [1.165, 1.54) is 5.69 Å². The van der Waals surface area contributed by atoms with E-state index in [0.717, 1.165) is 43.9 Å². The van der Waals surface area contributed by atoms with Crippen LogP contribution in [0.4, 0.5) is 5.69 Å². The summed E-state index contributed by atoms with van der Waals surface area (Å²) < 4.78 is 18.5. The molecular formula is C19H29BN2O3. The second-order valence-corrected chi connectivity index (χ2v) is 8.56. The molecule has 1 aromatic carbocycles. The molecular weight excluding hydrogens is 315 g/mol. The Bertz CT molecular complexity index is 648. The lowest BCUT2D eigenvalue weighted by Crippen LogP contribution is -2.51. The lowest BCUT2D eigenvalue weighted by atomic mass is 9.79. The van der Waals surface area contributed by atoms with Gasteiger partial charge in [-0.05, 0) is 52.3 Å². The number of hydrogen-bond donors (Lipinski definition) is 0. The van der Waals surface area contributed by atoms with E-state index in [9.17, 15) is 0 Å². The van der Waals surface area contributed by atoms with Crippen LogP contribution in [0, 0.1) is 0 Å². The van der Waals surface area contributed by atoms with E-state index in [1.807, 2.05) is 0 Å². The summed E-state index contributed by atoms with van der Waals surface area (Å²) in [6, 6.07) is 6.95. The number of rotatable bonds is 1. The Hall–Kier alpha value is -1.24. The lowest BCUT2D eigenvalue weighted by Gasteiger charge is -2.40. The molecule has 3 aliphatic rings. The van der Waals surface area contributed by atoms with Crippen molar-refractivity contribution in [2.75, 3.05) is 38.2 Å². The van der Waals surface area contributed by atoms with Crippen molar-refractivity contribution in [2.45, 2.75) is 51.4 Å². The minimum Gasteiger partial charge on any atom is -0.491 e. The van der Waals surface area contributed by atoms with Crippen LogP contribution < -0.4 is 15.1 Å². The summed E-state index contributed by atoms with van der Waals surface area (Å²) in [7, 11) is 1.86. The highest BCUT2D eigenvalue weighted by molar-refractivity contribution is 6.62. The van der Waals surface area contributed by atoms with Crippen molar-refractivity contribution < 1.29 is 14.0 Å². The Labute approximate surface area is 151 Å². The molecule has 0 spiro atoms. The van der Waals surface area contributed by atoms with Crippen LogP contribution in [0.3, 0.4) is 0 Å². The summed E-state index contributed by atoms with van der Waals surface area (Å²) in [5.74, 6) is 0.958. The summed E-state index contributed by atoms with van der Waals surface area (Å²) in [4.78, 5) is 4.92. The number of piperazine rings is 1. The number of ether oxygens (including phenoxy) is 1. The van der Waals surface area contributed by atoms with E-state index in [1.54, 1.807) is 0 Å². The summed E-state index contributed by atoms with van der Waals surface area (Å²) in [6.07, 6.45) is 1.06. The molecule has 5 nitrogen and oxygen atoms in total. The van der Waals surface area contributed by atoms with Crippen LogP contribution in [0.5, 0.6) is 5.75 Å². The average Bonchev–Trinajstić information content (AvgIpc) is 2.68. The second kappa shape index (κ2) is 5.90. The second-order valence-electron chi connectivity index (χ2n) is 8.56. The highest BCUT2D eigenvalue weighted by Gasteiger charge is 2.51. The van der Waals surface area contributed by atoms with Gasteiger partial charge in [-0.2, -0.15) is 0 Å². The third-order valence-electron chi connectivity index (χ3n) is 6.21. The van der Waals surface area contributed by atoms with Crippen LogP contribution in [-0.4, -0.2) is 62.6 Å². The maximum Gasteiger partial charge on any atom is 0.494 e. The molecule has 2 saturated heterocycles. The van der Waals surface area contributed by atoms with E-state index in [-0.39, 0.29) is 18.3 Å². The predicted molar refractivity (Wildman–Crippen MR) is 101 cm³/mol. The molecule has 25 heavy (non-hydrogen) atoms. The number of hydrogen-bond acceptors (Lipinski definition) is 5. The van der Waals surface area contributed by atoms with Gasteiger partial charge in [-0.1, -0.05) is 6.07 Å². The first-order valence-corrected chi connectivity index (χ1v) is 9.34. The van der Waals surface area contributed by atoms with E-state index in [4.69, 9.17) is 14.0 Å². The van der Waals surface area contributed by atoms with Crippen LogP contribution in [0.1, 0.15) is 34.1 Å². The molecule has 3 heterocycles. The standard InChI is InChI=1S/C19H29BN2O3/c1-18(2)19(3,4)25-20(24-18)14-6-7-16-17(12-14)23-11-8-15-13-21(5)9-10-22(15)16/h6-7,12,15H,8-11,13H2,1-5H3.